The minimum Gasteiger partial charge on any atom is -0.310 e. The van der Waals surface area contributed by atoms with Gasteiger partial charge in [-0.2, -0.15) is 0 Å². The van der Waals surface area contributed by atoms with Gasteiger partial charge in [0.2, 0.25) is 0 Å². The van der Waals surface area contributed by atoms with Crippen LogP contribution in [0, 0.1) is 0 Å². The molecule has 72 heavy (non-hydrogen) atoms. The summed E-state index contributed by atoms with van der Waals surface area (Å²) in [6.07, 6.45) is 0. The van der Waals surface area contributed by atoms with Crippen LogP contribution < -0.4 is 9.80 Å². The summed E-state index contributed by atoms with van der Waals surface area (Å²) in [6.45, 7) is 9.51. The van der Waals surface area contributed by atoms with Crippen molar-refractivity contribution in [3.63, 3.8) is 0 Å². The van der Waals surface area contributed by atoms with Gasteiger partial charge in [-0.1, -0.05) is 185 Å². The number of hydrogen-bond donors (Lipinski definition) is 0. The molecule has 0 radical (unpaired) electrons. The smallest absolute Gasteiger partial charge is 0.0740 e. The summed E-state index contributed by atoms with van der Waals surface area (Å²) in [5.41, 5.74) is 26.2. The van der Waals surface area contributed by atoms with E-state index in [-0.39, 0.29) is 10.8 Å². The fourth-order valence-corrected chi connectivity index (χ4v) is 15.0. The number of benzene rings is 10. The summed E-state index contributed by atoms with van der Waals surface area (Å²) in [4.78, 5) is 6.34. The molecule has 0 fully saturated rings. The fourth-order valence-electron chi connectivity index (χ4n) is 13.7. The Morgan fingerprint density at radius 2 is 0.792 bits per heavy atom. The number of hydrogen-bond acceptors (Lipinski definition) is 3. The highest BCUT2D eigenvalue weighted by Gasteiger charge is 2.54. The first kappa shape index (κ1) is 41.5. The molecule has 10 aromatic carbocycles. The molecule has 1 spiro atoms. The number of nitrogens with zero attached hydrogens (tertiary/aromatic N) is 2. The van der Waals surface area contributed by atoms with Crippen molar-refractivity contribution in [2.24, 2.45) is 0 Å². The van der Waals surface area contributed by atoms with Crippen LogP contribution in [0.1, 0.15) is 72.2 Å². The molecule has 1 atom stereocenters. The van der Waals surface area contributed by atoms with Gasteiger partial charge in [0.15, 0.2) is 0 Å². The third-order valence-corrected chi connectivity index (χ3v) is 18.1. The Bertz CT molecular complexity index is 4060. The molecule has 0 saturated heterocycles. The lowest BCUT2D eigenvalue weighted by Gasteiger charge is -2.33. The van der Waals surface area contributed by atoms with Crippen LogP contribution in [0.15, 0.2) is 231 Å². The van der Waals surface area contributed by atoms with Gasteiger partial charge in [0.25, 0.3) is 0 Å². The van der Waals surface area contributed by atoms with Gasteiger partial charge in [-0.15, -0.1) is 11.3 Å². The SMILES string of the molecule is CC1(C)c2ccccc2-c2ccc(N(c3ccccc3)c3ccc4c(c3)-c3sc5ccccc5c3C43c4ccccc4-c4c(N(c5ccccc5)c5ccc6c(c5)C(C)(C)c5ccccc5-6)cccc43)cc21. The van der Waals surface area contributed by atoms with Crippen molar-refractivity contribution in [3.8, 4) is 43.8 Å². The van der Waals surface area contributed by atoms with Crippen molar-refractivity contribution in [2.75, 3.05) is 9.80 Å². The van der Waals surface area contributed by atoms with Crippen molar-refractivity contribution in [2.45, 2.75) is 43.9 Å². The van der Waals surface area contributed by atoms with Gasteiger partial charge < -0.3 is 9.80 Å². The molecular weight excluding hydrogens is 889 g/mol. The molecule has 3 heteroatoms. The Labute approximate surface area is 425 Å². The van der Waals surface area contributed by atoms with Gasteiger partial charge in [-0.3, -0.25) is 0 Å². The molecule has 11 aromatic rings. The number of thiophene rings is 1. The lowest BCUT2D eigenvalue weighted by molar-refractivity contribution is 0.660. The zero-order chi connectivity index (χ0) is 48.1. The largest absolute Gasteiger partial charge is 0.310 e. The predicted octanol–water partition coefficient (Wildman–Crippen LogP) is 18.8. The highest BCUT2D eigenvalue weighted by molar-refractivity contribution is 7.22. The van der Waals surface area contributed by atoms with Gasteiger partial charge in [0, 0.05) is 54.4 Å². The second kappa shape index (κ2) is 14.9. The summed E-state index contributed by atoms with van der Waals surface area (Å²) < 4.78 is 1.31. The minimum atomic E-state index is -0.560. The normalized spacial score (nSPS) is 16.3. The van der Waals surface area contributed by atoms with Crippen molar-refractivity contribution >= 4 is 55.5 Å². The Balaban J connectivity index is 0.962. The van der Waals surface area contributed by atoms with E-state index in [0.29, 0.717) is 0 Å². The third-order valence-electron chi connectivity index (χ3n) is 16.8. The van der Waals surface area contributed by atoms with Crippen LogP contribution in [0.2, 0.25) is 0 Å². The number of rotatable bonds is 6. The van der Waals surface area contributed by atoms with E-state index in [1.807, 2.05) is 11.3 Å². The molecule has 1 heterocycles. The maximum Gasteiger partial charge on any atom is 0.0740 e. The van der Waals surface area contributed by atoms with E-state index in [9.17, 15) is 0 Å². The molecule has 342 valence electrons. The third kappa shape index (κ3) is 5.44. The van der Waals surface area contributed by atoms with Crippen LogP contribution in [-0.4, -0.2) is 0 Å². The molecule has 0 N–H and O–H groups in total. The van der Waals surface area contributed by atoms with E-state index in [1.165, 1.54) is 104 Å². The van der Waals surface area contributed by atoms with Crippen LogP contribution in [-0.2, 0) is 16.2 Å². The first-order valence-electron chi connectivity index (χ1n) is 25.3. The Morgan fingerprint density at radius 1 is 0.319 bits per heavy atom. The zero-order valence-corrected chi connectivity index (χ0v) is 41.6. The zero-order valence-electron chi connectivity index (χ0n) is 40.7. The van der Waals surface area contributed by atoms with E-state index in [0.717, 1.165) is 28.4 Å². The molecule has 4 aliphatic rings. The van der Waals surface area contributed by atoms with Crippen molar-refractivity contribution < 1.29 is 0 Å². The standard InChI is InChI=1S/C69H50N2S/c1-67(2)55-28-15-11-24-48(55)50-37-34-46(41-60(50)67)70(43-20-7-5-8-21-43)45-36-39-58-54(40-45)66-65(53-27-14-18-33-63(53)72-66)69(58)57-30-17-13-26-52(57)64-59(69)31-19-32-62(64)71(44-22-9-6-10-23-44)47-35-38-51-49-25-12-16-29-56(49)68(3,4)61(51)42-47/h5-42H,1-4H3. The second-order valence-electron chi connectivity index (χ2n) is 21.2. The van der Waals surface area contributed by atoms with Gasteiger partial charge in [0.05, 0.1) is 11.1 Å². The topological polar surface area (TPSA) is 6.48 Å². The quantitative estimate of drug-likeness (QED) is 0.164. The number of para-hydroxylation sites is 2. The highest BCUT2D eigenvalue weighted by atomic mass is 32.1. The first-order valence-corrected chi connectivity index (χ1v) is 26.2. The summed E-state index contributed by atoms with van der Waals surface area (Å²) in [5, 5.41) is 1.32. The van der Waals surface area contributed by atoms with Crippen molar-refractivity contribution in [1.29, 1.82) is 0 Å². The van der Waals surface area contributed by atoms with Gasteiger partial charge >= 0.3 is 0 Å². The van der Waals surface area contributed by atoms with Gasteiger partial charge in [-0.05, 0) is 156 Å². The summed E-state index contributed by atoms with van der Waals surface area (Å²) >= 11 is 1.94. The number of fused-ring (bicyclic) bond motifs is 18. The molecule has 0 saturated carbocycles. The van der Waals surface area contributed by atoms with Crippen LogP contribution in [0.25, 0.3) is 53.9 Å². The summed E-state index contributed by atoms with van der Waals surface area (Å²) in [6, 6.07) is 87.0. The lowest BCUT2D eigenvalue weighted by atomic mass is 9.70. The number of anilines is 6. The molecule has 0 aliphatic heterocycles. The monoisotopic (exact) mass is 938 g/mol. The Hall–Kier alpha value is -8.24. The summed E-state index contributed by atoms with van der Waals surface area (Å²) in [5.74, 6) is 0. The van der Waals surface area contributed by atoms with Gasteiger partial charge in [0.1, 0.15) is 0 Å². The van der Waals surface area contributed by atoms with Crippen LogP contribution in [0.5, 0.6) is 0 Å². The summed E-state index contributed by atoms with van der Waals surface area (Å²) in [7, 11) is 0. The fraction of sp³-hybridized carbons (Fsp3) is 0.101. The van der Waals surface area contributed by atoms with Crippen molar-refractivity contribution in [1.82, 2.24) is 0 Å². The van der Waals surface area contributed by atoms with Crippen LogP contribution in [0.3, 0.4) is 0 Å². The van der Waals surface area contributed by atoms with E-state index in [1.54, 1.807) is 0 Å². The molecule has 1 aromatic heterocycles. The van der Waals surface area contributed by atoms with Crippen LogP contribution >= 0.6 is 11.3 Å². The maximum atomic E-state index is 2.52. The van der Waals surface area contributed by atoms with Crippen molar-refractivity contribution in [3.05, 3.63) is 275 Å². The molecule has 2 nitrogen and oxygen atoms in total. The Morgan fingerprint density at radius 3 is 1.44 bits per heavy atom. The van der Waals surface area contributed by atoms with E-state index < -0.39 is 5.41 Å². The molecule has 0 bridgehead atoms. The van der Waals surface area contributed by atoms with Crippen LogP contribution in [0.4, 0.5) is 34.1 Å². The van der Waals surface area contributed by atoms with E-state index in [4.69, 9.17) is 0 Å². The predicted molar refractivity (Wildman–Crippen MR) is 303 cm³/mol. The maximum absolute atomic E-state index is 2.52. The van der Waals surface area contributed by atoms with Gasteiger partial charge in [-0.25, -0.2) is 0 Å². The minimum absolute atomic E-state index is 0.123. The first-order chi connectivity index (χ1) is 35.2. The lowest BCUT2D eigenvalue weighted by Crippen LogP contribution is -2.26. The average Bonchev–Trinajstić information content (AvgIpc) is 4.16. The van der Waals surface area contributed by atoms with E-state index in [2.05, 4.69) is 268 Å². The molecular formula is C69H50N2S. The molecule has 0 amide bonds. The molecule has 15 rings (SSSR count). The second-order valence-corrected chi connectivity index (χ2v) is 22.2. The molecule has 4 aliphatic carbocycles. The van der Waals surface area contributed by atoms with E-state index >= 15 is 0 Å². The Kier molecular flexibility index (Phi) is 8.59. The highest BCUT2D eigenvalue weighted by Crippen LogP contribution is 2.68. The molecule has 1 unspecified atom stereocenters. The average molecular weight is 939 g/mol.